The van der Waals surface area contributed by atoms with Crippen molar-refractivity contribution in [3.05, 3.63) is 59.7 Å². The molecule has 1 amide bonds. The molecule has 0 saturated carbocycles. The zero-order valence-electron chi connectivity index (χ0n) is 14.6. The van der Waals surface area contributed by atoms with E-state index in [0.29, 0.717) is 6.07 Å². The van der Waals surface area contributed by atoms with Gasteiger partial charge in [-0.15, -0.1) is 0 Å². The Bertz CT molecular complexity index is 819. The number of amides is 1. The van der Waals surface area contributed by atoms with Crippen molar-refractivity contribution in [1.82, 2.24) is 0 Å². The zero-order valence-corrected chi connectivity index (χ0v) is 14.6. The fourth-order valence-corrected chi connectivity index (χ4v) is 2.24. The number of hydrogen-bond donors (Lipinski definition) is 2. The van der Waals surface area contributed by atoms with E-state index in [9.17, 15) is 27.9 Å². The molecule has 144 valence electrons. The number of carbonyl (C=O) groups is 2. The first-order valence-electron chi connectivity index (χ1n) is 8.06. The van der Waals surface area contributed by atoms with Crippen LogP contribution >= 0.6 is 0 Å². The van der Waals surface area contributed by atoms with E-state index in [-0.39, 0.29) is 11.3 Å². The fourth-order valence-electron chi connectivity index (χ4n) is 2.24. The van der Waals surface area contributed by atoms with Crippen molar-refractivity contribution in [2.24, 2.45) is 5.92 Å². The van der Waals surface area contributed by atoms with Gasteiger partial charge in [0, 0.05) is 11.5 Å². The molecule has 0 aliphatic rings. The van der Waals surface area contributed by atoms with Gasteiger partial charge in [-0.3, -0.25) is 4.79 Å². The summed E-state index contributed by atoms with van der Waals surface area (Å²) in [6.45, 7) is 3.11. The van der Waals surface area contributed by atoms with Gasteiger partial charge in [0.2, 0.25) is 12.0 Å². The van der Waals surface area contributed by atoms with E-state index in [1.165, 1.54) is 18.2 Å². The Hall–Kier alpha value is -3.03. The van der Waals surface area contributed by atoms with Crippen molar-refractivity contribution in [2.45, 2.75) is 26.1 Å². The van der Waals surface area contributed by atoms with Gasteiger partial charge in [-0.2, -0.15) is 13.2 Å². The van der Waals surface area contributed by atoms with Gasteiger partial charge < -0.3 is 15.2 Å². The zero-order chi connectivity index (χ0) is 20.2. The molecule has 0 fully saturated rings. The van der Waals surface area contributed by atoms with Gasteiger partial charge in [-0.05, 0) is 18.2 Å². The van der Waals surface area contributed by atoms with Crippen molar-refractivity contribution in [3.8, 4) is 5.75 Å². The van der Waals surface area contributed by atoms with Gasteiger partial charge in [0.15, 0.2) is 0 Å². The van der Waals surface area contributed by atoms with Crippen LogP contribution in [0.3, 0.4) is 0 Å². The Morgan fingerprint density at radius 1 is 1.07 bits per heavy atom. The van der Waals surface area contributed by atoms with Crippen molar-refractivity contribution in [3.63, 3.8) is 0 Å². The maximum absolute atomic E-state index is 13.4. The number of benzene rings is 2. The highest BCUT2D eigenvalue weighted by Gasteiger charge is 2.35. The fraction of sp³-hybridized carbons (Fsp3) is 0.263. The third kappa shape index (κ3) is 5.22. The second-order valence-electron chi connectivity index (χ2n) is 6.10. The summed E-state index contributed by atoms with van der Waals surface area (Å²) in [5, 5.41) is 11.6. The number of ether oxygens (including phenoxy) is 1. The third-order valence-corrected chi connectivity index (χ3v) is 3.66. The van der Waals surface area contributed by atoms with Crippen LogP contribution in [0.1, 0.15) is 31.1 Å². The predicted molar refractivity (Wildman–Crippen MR) is 92.4 cm³/mol. The maximum Gasteiger partial charge on any atom is 0.418 e. The van der Waals surface area contributed by atoms with Crippen LogP contribution in [0.4, 0.5) is 18.9 Å². The Kier molecular flexibility index (Phi) is 6.09. The first-order chi connectivity index (χ1) is 12.6. The lowest BCUT2D eigenvalue weighted by Gasteiger charge is -2.19. The first-order valence-corrected chi connectivity index (χ1v) is 8.06. The smallest absolute Gasteiger partial charge is 0.418 e. The van der Waals surface area contributed by atoms with Crippen LogP contribution in [0.15, 0.2) is 48.5 Å². The number of carboxylic acid groups (broad SMARTS) is 1. The summed E-state index contributed by atoms with van der Waals surface area (Å²) in [5.41, 5.74) is -1.25. The first kappa shape index (κ1) is 20.3. The minimum absolute atomic E-state index is 0.277. The number of nitrogens with one attached hydrogen (secondary N) is 1. The van der Waals surface area contributed by atoms with Crippen LogP contribution in [0.2, 0.25) is 0 Å². The van der Waals surface area contributed by atoms with Gasteiger partial charge in [-0.1, -0.05) is 44.2 Å². The Morgan fingerprint density at radius 3 is 2.22 bits per heavy atom. The van der Waals surface area contributed by atoms with E-state index in [0.717, 1.165) is 6.07 Å². The molecule has 8 heteroatoms. The van der Waals surface area contributed by atoms with E-state index >= 15 is 0 Å². The highest BCUT2D eigenvalue weighted by atomic mass is 19.4. The van der Waals surface area contributed by atoms with Crippen molar-refractivity contribution >= 4 is 17.6 Å². The molecule has 0 bridgehead atoms. The molecule has 0 heterocycles. The molecule has 2 rings (SSSR count). The van der Waals surface area contributed by atoms with Gasteiger partial charge in [0.25, 0.3) is 0 Å². The van der Waals surface area contributed by atoms with Crippen LogP contribution in [-0.2, 0) is 15.8 Å². The molecule has 0 spiro atoms. The molecule has 2 N–H and O–H groups in total. The molecule has 1 unspecified atom stereocenters. The Morgan fingerprint density at radius 2 is 1.70 bits per heavy atom. The molecule has 0 aliphatic carbocycles. The minimum atomic E-state index is -4.76. The van der Waals surface area contributed by atoms with Gasteiger partial charge in [0.1, 0.15) is 5.75 Å². The number of anilines is 1. The number of hydrogen-bond acceptors (Lipinski definition) is 3. The Labute approximate surface area is 153 Å². The molecular formula is C19H18F3NO4. The molecule has 5 nitrogen and oxygen atoms in total. The van der Waals surface area contributed by atoms with E-state index in [2.05, 4.69) is 5.32 Å². The van der Waals surface area contributed by atoms with E-state index in [1.807, 2.05) is 0 Å². The lowest BCUT2D eigenvalue weighted by atomic mass is 10.1. The molecule has 0 aromatic heterocycles. The second kappa shape index (κ2) is 8.11. The number of halogens is 3. The topological polar surface area (TPSA) is 75.6 Å². The number of carboxylic acids is 1. The number of alkyl halides is 3. The van der Waals surface area contributed by atoms with Crippen LogP contribution in [-0.4, -0.2) is 17.0 Å². The Balaban J connectivity index is 2.37. The van der Waals surface area contributed by atoms with Gasteiger partial charge in [0.05, 0.1) is 11.3 Å². The third-order valence-electron chi connectivity index (χ3n) is 3.66. The van der Waals surface area contributed by atoms with Crippen molar-refractivity contribution in [1.29, 1.82) is 0 Å². The van der Waals surface area contributed by atoms with Gasteiger partial charge >= 0.3 is 12.1 Å². The summed E-state index contributed by atoms with van der Waals surface area (Å²) in [7, 11) is 0. The number of carbonyl (C=O) groups excluding carboxylic acids is 1. The standard InChI is InChI=1S/C19H18F3NO4/c1-11(2)17(24)23-15-9-8-13(10-14(15)19(20,21)22)27-16(18(25)26)12-6-4-3-5-7-12/h3-11,16H,1-2H3,(H,23,24)(H,25,26). The average Bonchev–Trinajstić information content (AvgIpc) is 2.60. The van der Waals surface area contributed by atoms with Crippen LogP contribution < -0.4 is 10.1 Å². The maximum atomic E-state index is 13.4. The van der Waals surface area contributed by atoms with Crippen molar-refractivity contribution in [2.75, 3.05) is 5.32 Å². The van der Waals surface area contributed by atoms with Gasteiger partial charge in [-0.25, -0.2) is 4.79 Å². The number of rotatable bonds is 6. The van der Waals surface area contributed by atoms with Crippen molar-refractivity contribution < 1.29 is 32.6 Å². The normalized spacial score (nSPS) is 12.5. The summed E-state index contributed by atoms with van der Waals surface area (Å²) in [6, 6.07) is 10.8. The molecule has 1 atom stereocenters. The average molecular weight is 381 g/mol. The van der Waals surface area contributed by atoms with E-state index in [4.69, 9.17) is 4.74 Å². The van der Waals surface area contributed by atoms with E-state index in [1.54, 1.807) is 32.0 Å². The highest BCUT2D eigenvalue weighted by Crippen LogP contribution is 2.38. The summed E-state index contributed by atoms with van der Waals surface area (Å²) in [4.78, 5) is 23.2. The summed E-state index contributed by atoms with van der Waals surface area (Å²) in [5.74, 6) is -2.69. The summed E-state index contributed by atoms with van der Waals surface area (Å²) < 4.78 is 45.4. The predicted octanol–water partition coefficient (Wildman–Crippen LogP) is 4.50. The lowest BCUT2D eigenvalue weighted by molar-refractivity contribution is -0.145. The van der Waals surface area contributed by atoms with Crippen LogP contribution in [0.25, 0.3) is 0 Å². The molecule has 0 saturated heterocycles. The molecule has 0 aliphatic heterocycles. The minimum Gasteiger partial charge on any atom is -0.478 e. The molecule has 27 heavy (non-hydrogen) atoms. The molecule has 2 aromatic rings. The monoisotopic (exact) mass is 381 g/mol. The van der Waals surface area contributed by atoms with Crippen LogP contribution in [0.5, 0.6) is 5.75 Å². The second-order valence-corrected chi connectivity index (χ2v) is 6.10. The van der Waals surface area contributed by atoms with Crippen LogP contribution in [0, 0.1) is 5.92 Å². The molecule has 0 radical (unpaired) electrons. The quantitative estimate of drug-likeness (QED) is 0.772. The highest BCUT2D eigenvalue weighted by molar-refractivity contribution is 5.93. The summed E-state index contributed by atoms with van der Waals surface area (Å²) in [6.07, 6.45) is -6.23. The molecule has 2 aromatic carbocycles. The largest absolute Gasteiger partial charge is 0.478 e. The molecular weight excluding hydrogens is 363 g/mol. The summed E-state index contributed by atoms with van der Waals surface area (Å²) >= 11 is 0. The SMILES string of the molecule is CC(C)C(=O)Nc1ccc(OC(C(=O)O)c2ccccc2)cc1C(F)(F)F. The van der Waals surface area contributed by atoms with E-state index < -0.39 is 41.3 Å². The lowest BCUT2D eigenvalue weighted by Crippen LogP contribution is -2.21. The number of aliphatic carboxylic acids is 1.